The maximum absolute atomic E-state index is 13.1. The van der Waals surface area contributed by atoms with Gasteiger partial charge in [-0.05, 0) is 49.4 Å². The highest BCUT2D eigenvalue weighted by Gasteiger charge is 2.30. The number of unbranched alkanes of at least 4 members (excludes halogenated alkanes) is 36. The topological polar surface area (TPSA) is 237 Å². The number of aliphatic hydroxyl groups is 1. The quantitative estimate of drug-likeness (QED) is 0.0222. The lowest BCUT2D eigenvalue weighted by molar-refractivity contribution is -0.161. The standard InChI is InChI=1S/C76H148O17P2/c1-9-67(6)53-45-37-28-24-20-18-16-14-12-13-15-17-19-21-27-31-42-50-58-75(80)92-71(63-87-74(79)57-49-41-35-33-39-47-55-69(8)11-3)64-90-94(82,83)88-60-70(77)61-89-95(84,85)91-65-72(93-76(81)59-51-43-34-32-36-44-52-66(4)5)62-86-73(78)56-48-40-30-26-23-22-25-29-38-46-54-68(7)10-2/h66-72,77H,9-65H2,1-8H3,(H,82,83)(H,84,85)/t67?,68?,69?,70-,71+,72+/m0/s1. The van der Waals surface area contributed by atoms with E-state index in [0.717, 1.165) is 114 Å². The average Bonchev–Trinajstić information content (AvgIpc) is 1.68. The highest BCUT2D eigenvalue weighted by molar-refractivity contribution is 7.47. The van der Waals surface area contributed by atoms with Crippen molar-refractivity contribution in [2.24, 2.45) is 23.7 Å². The van der Waals surface area contributed by atoms with Gasteiger partial charge in [-0.1, -0.05) is 331 Å². The van der Waals surface area contributed by atoms with Crippen LogP contribution in [-0.4, -0.2) is 96.7 Å². The van der Waals surface area contributed by atoms with Crippen molar-refractivity contribution in [2.75, 3.05) is 39.6 Å². The van der Waals surface area contributed by atoms with E-state index in [9.17, 15) is 43.2 Å². The number of carbonyl (C=O) groups is 4. The fourth-order valence-corrected chi connectivity index (χ4v) is 13.0. The summed E-state index contributed by atoms with van der Waals surface area (Å²) in [5.74, 6) is 0.953. The zero-order valence-corrected chi connectivity index (χ0v) is 64.1. The number of ether oxygens (including phenoxy) is 4. The van der Waals surface area contributed by atoms with Crippen molar-refractivity contribution in [3.05, 3.63) is 0 Å². The van der Waals surface area contributed by atoms with Crippen LogP contribution < -0.4 is 0 Å². The molecule has 17 nitrogen and oxygen atoms in total. The molecule has 95 heavy (non-hydrogen) atoms. The number of phosphoric acid groups is 2. The van der Waals surface area contributed by atoms with Gasteiger partial charge >= 0.3 is 39.5 Å². The Bertz CT molecular complexity index is 1870. The molecule has 0 fully saturated rings. The summed E-state index contributed by atoms with van der Waals surface area (Å²) in [6.07, 6.45) is 50.2. The van der Waals surface area contributed by atoms with E-state index in [1.54, 1.807) is 0 Å². The Hall–Kier alpha value is -1.94. The first-order valence-corrected chi connectivity index (χ1v) is 42.3. The second kappa shape index (κ2) is 65.4. The summed E-state index contributed by atoms with van der Waals surface area (Å²) in [6, 6.07) is 0. The number of hydrogen-bond acceptors (Lipinski definition) is 15. The summed E-state index contributed by atoms with van der Waals surface area (Å²) in [5, 5.41) is 10.6. The third-order valence-electron chi connectivity index (χ3n) is 18.7. The van der Waals surface area contributed by atoms with Gasteiger partial charge in [-0.25, -0.2) is 9.13 Å². The first-order valence-electron chi connectivity index (χ1n) is 39.3. The molecule has 0 saturated heterocycles. The van der Waals surface area contributed by atoms with Crippen LogP contribution in [0.5, 0.6) is 0 Å². The molecule has 8 atom stereocenters. The van der Waals surface area contributed by atoms with Gasteiger partial charge in [0.15, 0.2) is 12.2 Å². The highest BCUT2D eigenvalue weighted by Crippen LogP contribution is 2.45. The van der Waals surface area contributed by atoms with E-state index in [-0.39, 0.29) is 25.7 Å². The van der Waals surface area contributed by atoms with Gasteiger partial charge < -0.3 is 33.8 Å². The second-order valence-corrected chi connectivity index (χ2v) is 31.5. The smallest absolute Gasteiger partial charge is 0.462 e. The van der Waals surface area contributed by atoms with Crippen molar-refractivity contribution in [3.8, 4) is 0 Å². The molecule has 0 saturated carbocycles. The van der Waals surface area contributed by atoms with Crippen LogP contribution in [-0.2, 0) is 65.4 Å². The van der Waals surface area contributed by atoms with Gasteiger partial charge in [0.2, 0.25) is 0 Å². The lowest BCUT2D eigenvalue weighted by Gasteiger charge is -2.21. The van der Waals surface area contributed by atoms with E-state index in [2.05, 4.69) is 55.4 Å². The summed E-state index contributed by atoms with van der Waals surface area (Å²) < 4.78 is 68.4. The van der Waals surface area contributed by atoms with Crippen LogP contribution in [0.15, 0.2) is 0 Å². The molecule has 3 N–H and O–H groups in total. The molecule has 0 amide bonds. The summed E-state index contributed by atoms with van der Waals surface area (Å²) in [4.78, 5) is 72.7. The van der Waals surface area contributed by atoms with Crippen molar-refractivity contribution in [1.82, 2.24) is 0 Å². The Morgan fingerprint density at radius 3 is 0.747 bits per heavy atom. The lowest BCUT2D eigenvalue weighted by Crippen LogP contribution is -2.30. The van der Waals surface area contributed by atoms with Crippen molar-refractivity contribution in [1.29, 1.82) is 0 Å². The van der Waals surface area contributed by atoms with Gasteiger partial charge in [-0.3, -0.25) is 37.3 Å². The predicted octanol–water partition coefficient (Wildman–Crippen LogP) is 22.0. The van der Waals surface area contributed by atoms with Crippen LogP contribution in [0.1, 0.15) is 383 Å². The summed E-state index contributed by atoms with van der Waals surface area (Å²) >= 11 is 0. The number of aliphatic hydroxyl groups excluding tert-OH is 1. The maximum atomic E-state index is 13.1. The van der Waals surface area contributed by atoms with E-state index >= 15 is 0 Å². The molecule has 0 bridgehead atoms. The van der Waals surface area contributed by atoms with Gasteiger partial charge in [0.05, 0.1) is 26.4 Å². The third kappa shape index (κ3) is 66.4. The van der Waals surface area contributed by atoms with Crippen LogP contribution in [0.2, 0.25) is 0 Å². The van der Waals surface area contributed by atoms with Gasteiger partial charge in [0.25, 0.3) is 0 Å². The van der Waals surface area contributed by atoms with E-state index in [1.807, 2.05) is 0 Å². The molecule has 19 heteroatoms. The molecule has 0 aromatic carbocycles. The molecule has 0 rings (SSSR count). The lowest BCUT2D eigenvalue weighted by atomic mass is 9.99. The first-order chi connectivity index (χ1) is 45.7. The molecule has 0 aliphatic rings. The number of phosphoric ester groups is 2. The van der Waals surface area contributed by atoms with E-state index in [0.29, 0.717) is 31.6 Å². The largest absolute Gasteiger partial charge is 0.472 e. The average molecular weight is 1400 g/mol. The molecule has 0 aliphatic carbocycles. The van der Waals surface area contributed by atoms with Crippen molar-refractivity contribution >= 4 is 39.5 Å². The van der Waals surface area contributed by atoms with E-state index in [4.69, 9.17) is 37.0 Å². The van der Waals surface area contributed by atoms with E-state index in [1.165, 1.54) is 180 Å². The minimum atomic E-state index is -4.96. The van der Waals surface area contributed by atoms with Crippen LogP contribution in [0.25, 0.3) is 0 Å². The molecule has 0 aromatic heterocycles. The molecular formula is C76H148O17P2. The van der Waals surface area contributed by atoms with Gasteiger partial charge in [-0.15, -0.1) is 0 Å². The Kier molecular flexibility index (Phi) is 64.0. The minimum Gasteiger partial charge on any atom is -0.462 e. The number of hydrogen-bond donors (Lipinski definition) is 3. The summed E-state index contributed by atoms with van der Waals surface area (Å²) in [5.41, 5.74) is 0. The Balaban J connectivity index is 5.15. The molecule has 0 spiro atoms. The van der Waals surface area contributed by atoms with Gasteiger partial charge in [0, 0.05) is 25.7 Å². The molecule has 5 unspecified atom stereocenters. The second-order valence-electron chi connectivity index (χ2n) is 28.6. The van der Waals surface area contributed by atoms with Crippen molar-refractivity contribution in [3.63, 3.8) is 0 Å². The van der Waals surface area contributed by atoms with Crippen LogP contribution in [0.4, 0.5) is 0 Å². The first kappa shape index (κ1) is 93.1. The predicted molar refractivity (Wildman–Crippen MR) is 386 cm³/mol. The normalized spacial score (nSPS) is 15.0. The Labute approximate surface area is 581 Å². The highest BCUT2D eigenvalue weighted by atomic mass is 31.2. The molecule has 0 radical (unpaired) electrons. The van der Waals surface area contributed by atoms with Crippen molar-refractivity contribution in [2.45, 2.75) is 401 Å². The van der Waals surface area contributed by atoms with Crippen LogP contribution >= 0.6 is 15.6 Å². The molecule has 0 aliphatic heterocycles. The SMILES string of the molecule is CCC(C)CCCCCCCCCCCCCCCCCCCCC(=O)O[C@H](COC(=O)CCCCCCCCC(C)CC)COP(=O)(O)OC[C@H](O)COP(=O)(O)OC[C@@H](COC(=O)CCCCCCCCCCCCC(C)CC)OC(=O)CCCCCCCCC(C)C. The monoisotopic (exact) mass is 1400 g/mol. The zero-order valence-electron chi connectivity index (χ0n) is 62.3. The Morgan fingerprint density at radius 2 is 0.505 bits per heavy atom. The zero-order chi connectivity index (χ0) is 70.3. The summed E-state index contributed by atoms with van der Waals surface area (Å²) in [6.45, 7) is 14.2. The fraction of sp³-hybridized carbons (Fsp3) is 0.947. The number of carbonyl (C=O) groups excluding carboxylic acids is 4. The number of rotatable bonds is 73. The fourth-order valence-electron chi connectivity index (χ4n) is 11.5. The molecular weight excluding hydrogens is 1250 g/mol. The minimum absolute atomic E-state index is 0.102. The third-order valence-corrected chi connectivity index (χ3v) is 20.6. The van der Waals surface area contributed by atoms with Crippen LogP contribution in [0, 0.1) is 23.7 Å². The summed E-state index contributed by atoms with van der Waals surface area (Å²) in [7, 11) is -9.91. The van der Waals surface area contributed by atoms with Gasteiger partial charge in [-0.2, -0.15) is 0 Å². The van der Waals surface area contributed by atoms with E-state index < -0.39 is 97.5 Å². The van der Waals surface area contributed by atoms with Gasteiger partial charge in [0.1, 0.15) is 19.3 Å². The van der Waals surface area contributed by atoms with Crippen molar-refractivity contribution < 1.29 is 80.2 Å². The molecule has 0 aromatic rings. The maximum Gasteiger partial charge on any atom is 0.472 e. The van der Waals surface area contributed by atoms with Crippen LogP contribution in [0.3, 0.4) is 0 Å². The molecule has 564 valence electrons. The number of esters is 4. The molecule has 0 heterocycles. The Morgan fingerprint density at radius 1 is 0.295 bits per heavy atom.